The number of nitrogens with zero attached hydrogens (tertiary/aromatic N) is 4. The van der Waals surface area contributed by atoms with Gasteiger partial charge in [0.2, 0.25) is 0 Å². The highest BCUT2D eigenvalue weighted by atomic mass is 32.1. The Morgan fingerprint density at radius 2 is 2.18 bits per heavy atom. The third-order valence-corrected chi connectivity index (χ3v) is 4.95. The van der Waals surface area contributed by atoms with E-state index in [-0.39, 0.29) is 5.91 Å². The number of imidazole rings is 1. The van der Waals surface area contributed by atoms with E-state index in [1.165, 1.54) is 17.7 Å². The topological polar surface area (TPSA) is 72.7 Å². The van der Waals surface area contributed by atoms with E-state index in [0.29, 0.717) is 16.2 Å². The minimum atomic E-state index is -0.189. The molecule has 6 nitrogen and oxygen atoms in total. The predicted molar refractivity (Wildman–Crippen MR) is 85.2 cm³/mol. The van der Waals surface area contributed by atoms with Gasteiger partial charge < -0.3 is 4.57 Å². The lowest BCUT2D eigenvalue weighted by molar-refractivity contribution is 0.102. The molecule has 112 valence electrons. The third kappa shape index (κ3) is 2.27. The van der Waals surface area contributed by atoms with Crippen LogP contribution >= 0.6 is 11.3 Å². The lowest BCUT2D eigenvalue weighted by Gasteiger charge is -2.06. The fourth-order valence-electron chi connectivity index (χ4n) is 2.72. The van der Waals surface area contributed by atoms with Gasteiger partial charge in [-0.15, -0.1) is 11.3 Å². The van der Waals surface area contributed by atoms with Crippen molar-refractivity contribution in [2.75, 3.05) is 5.32 Å². The number of thiazole rings is 1. The molecule has 1 N–H and O–H groups in total. The zero-order valence-corrected chi connectivity index (χ0v) is 13.0. The molecule has 1 amide bonds. The summed E-state index contributed by atoms with van der Waals surface area (Å²) in [6.07, 6.45) is 7.75. The SMILES string of the molecule is Cn1cnc2cc(C(=O)Nc3nc4c(s3)CCCC4)cnc21. The van der Waals surface area contributed by atoms with Gasteiger partial charge >= 0.3 is 0 Å². The van der Waals surface area contributed by atoms with Crippen molar-refractivity contribution in [2.24, 2.45) is 7.05 Å². The standard InChI is InChI=1S/C15H15N5OS/c1-20-8-17-11-6-9(7-16-13(11)20)14(21)19-15-18-10-4-2-3-5-12(10)22-15/h6-8H,2-5H2,1H3,(H,18,19,21). The van der Waals surface area contributed by atoms with Gasteiger partial charge in [-0.1, -0.05) is 0 Å². The summed E-state index contributed by atoms with van der Waals surface area (Å²) in [5.74, 6) is -0.189. The van der Waals surface area contributed by atoms with Crippen LogP contribution in [0.1, 0.15) is 33.8 Å². The number of hydrogen-bond donors (Lipinski definition) is 1. The van der Waals surface area contributed by atoms with Crippen LogP contribution in [0.4, 0.5) is 5.13 Å². The number of carbonyl (C=O) groups excluding carboxylic acids is 1. The molecule has 0 saturated heterocycles. The van der Waals surface area contributed by atoms with Crippen LogP contribution in [0.5, 0.6) is 0 Å². The minimum absolute atomic E-state index is 0.189. The fourth-order valence-corrected chi connectivity index (χ4v) is 3.76. The van der Waals surface area contributed by atoms with Crippen molar-refractivity contribution in [3.05, 3.63) is 34.7 Å². The van der Waals surface area contributed by atoms with E-state index in [4.69, 9.17) is 0 Å². The first kappa shape index (κ1) is 13.4. The molecule has 0 bridgehead atoms. The van der Waals surface area contributed by atoms with E-state index in [9.17, 15) is 4.79 Å². The van der Waals surface area contributed by atoms with Crippen molar-refractivity contribution in [3.63, 3.8) is 0 Å². The predicted octanol–water partition coefficient (Wildman–Crippen LogP) is 2.56. The number of aryl methyl sites for hydroxylation is 3. The summed E-state index contributed by atoms with van der Waals surface area (Å²) >= 11 is 1.58. The van der Waals surface area contributed by atoms with Crippen LogP contribution in [-0.2, 0) is 19.9 Å². The number of anilines is 1. The summed E-state index contributed by atoms with van der Waals surface area (Å²) in [7, 11) is 1.88. The highest BCUT2D eigenvalue weighted by Gasteiger charge is 2.17. The maximum Gasteiger partial charge on any atom is 0.259 e. The molecule has 7 heteroatoms. The van der Waals surface area contributed by atoms with Gasteiger partial charge in [-0.2, -0.15) is 0 Å². The number of nitrogens with one attached hydrogen (secondary N) is 1. The van der Waals surface area contributed by atoms with E-state index in [0.717, 1.165) is 24.2 Å². The number of fused-ring (bicyclic) bond motifs is 2. The van der Waals surface area contributed by atoms with Crippen LogP contribution < -0.4 is 5.32 Å². The first-order valence-corrected chi connectivity index (χ1v) is 8.09. The lowest BCUT2D eigenvalue weighted by Crippen LogP contribution is -2.12. The molecular weight excluding hydrogens is 298 g/mol. The van der Waals surface area contributed by atoms with E-state index < -0.39 is 0 Å². The van der Waals surface area contributed by atoms with Crippen LogP contribution in [0.15, 0.2) is 18.6 Å². The first-order chi connectivity index (χ1) is 10.7. The average Bonchev–Trinajstić information content (AvgIpc) is 3.10. The number of rotatable bonds is 2. The summed E-state index contributed by atoms with van der Waals surface area (Å²) < 4.78 is 1.83. The molecule has 0 aliphatic heterocycles. The zero-order chi connectivity index (χ0) is 15.1. The molecule has 0 fully saturated rings. The number of hydrogen-bond acceptors (Lipinski definition) is 5. The van der Waals surface area contributed by atoms with Crippen molar-refractivity contribution in [2.45, 2.75) is 25.7 Å². The van der Waals surface area contributed by atoms with E-state index in [2.05, 4.69) is 20.3 Å². The number of aromatic nitrogens is 4. The Balaban J connectivity index is 1.58. The normalized spacial score (nSPS) is 14.0. The van der Waals surface area contributed by atoms with Crippen LogP contribution in [0, 0.1) is 0 Å². The molecule has 1 aliphatic rings. The van der Waals surface area contributed by atoms with Crippen molar-refractivity contribution >= 4 is 33.5 Å². The van der Waals surface area contributed by atoms with Crippen molar-refractivity contribution < 1.29 is 4.79 Å². The van der Waals surface area contributed by atoms with Crippen LogP contribution in [-0.4, -0.2) is 25.4 Å². The maximum atomic E-state index is 12.4. The molecule has 3 aromatic rings. The van der Waals surface area contributed by atoms with E-state index >= 15 is 0 Å². The molecule has 0 aromatic carbocycles. The number of pyridine rings is 1. The van der Waals surface area contributed by atoms with Gasteiger partial charge in [-0.05, 0) is 31.7 Å². The van der Waals surface area contributed by atoms with Gasteiger partial charge in [-0.3, -0.25) is 10.1 Å². The quantitative estimate of drug-likeness (QED) is 0.789. The van der Waals surface area contributed by atoms with Gasteiger partial charge in [0, 0.05) is 18.1 Å². The second-order valence-corrected chi connectivity index (χ2v) is 6.56. The molecule has 0 saturated carbocycles. The monoisotopic (exact) mass is 313 g/mol. The van der Waals surface area contributed by atoms with Gasteiger partial charge in [0.05, 0.1) is 17.6 Å². The summed E-state index contributed by atoms with van der Waals surface area (Å²) in [6.45, 7) is 0. The summed E-state index contributed by atoms with van der Waals surface area (Å²) in [5, 5.41) is 3.56. The van der Waals surface area contributed by atoms with E-state index in [1.807, 2.05) is 11.6 Å². The van der Waals surface area contributed by atoms with Gasteiger partial charge in [0.15, 0.2) is 10.8 Å². The Morgan fingerprint density at radius 3 is 3.05 bits per heavy atom. The molecule has 3 heterocycles. The minimum Gasteiger partial charge on any atom is -0.318 e. The highest BCUT2D eigenvalue weighted by molar-refractivity contribution is 7.15. The van der Waals surface area contributed by atoms with Crippen LogP contribution in [0.25, 0.3) is 11.2 Å². The molecular formula is C15H15N5OS. The van der Waals surface area contributed by atoms with Crippen LogP contribution in [0.2, 0.25) is 0 Å². The molecule has 3 aromatic heterocycles. The third-order valence-electron chi connectivity index (χ3n) is 3.88. The Morgan fingerprint density at radius 1 is 1.32 bits per heavy atom. The Bertz CT molecular complexity index is 843. The second kappa shape index (κ2) is 5.17. The lowest BCUT2D eigenvalue weighted by atomic mass is 10.0. The van der Waals surface area contributed by atoms with Gasteiger partial charge in [-0.25, -0.2) is 15.0 Å². The van der Waals surface area contributed by atoms with Gasteiger partial charge in [0.1, 0.15) is 5.52 Å². The molecule has 0 spiro atoms. The maximum absolute atomic E-state index is 12.4. The highest BCUT2D eigenvalue weighted by Crippen LogP contribution is 2.29. The first-order valence-electron chi connectivity index (χ1n) is 7.28. The molecule has 1 aliphatic carbocycles. The van der Waals surface area contributed by atoms with Crippen molar-refractivity contribution in [1.82, 2.24) is 19.5 Å². The Labute approximate surface area is 131 Å². The Hall–Kier alpha value is -2.28. The Kier molecular flexibility index (Phi) is 3.15. The fraction of sp³-hybridized carbons (Fsp3) is 0.333. The smallest absolute Gasteiger partial charge is 0.259 e. The summed E-state index contributed by atoms with van der Waals surface area (Å²) in [6, 6.07) is 1.76. The molecule has 22 heavy (non-hydrogen) atoms. The zero-order valence-electron chi connectivity index (χ0n) is 12.2. The summed E-state index contributed by atoms with van der Waals surface area (Å²) in [4.78, 5) is 26.7. The number of carbonyl (C=O) groups is 1. The van der Waals surface area contributed by atoms with Crippen molar-refractivity contribution in [3.8, 4) is 0 Å². The molecule has 0 atom stereocenters. The van der Waals surface area contributed by atoms with Crippen LogP contribution in [0.3, 0.4) is 0 Å². The molecule has 0 unspecified atom stereocenters. The summed E-state index contributed by atoms with van der Waals surface area (Å²) in [5.41, 5.74) is 3.12. The van der Waals surface area contributed by atoms with E-state index in [1.54, 1.807) is 29.9 Å². The van der Waals surface area contributed by atoms with Gasteiger partial charge in [0.25, 0.3) is 5.91 Å². The largest absolute Gasteiger partial charge is 0.318 e. The number of amides is 1. The molecule has 4 rings (SSSR count). The average molecular weight is 313 g/mol. The second-order valence-electron chi connectivity index (χ2n) is 5.47. The van der Waals surface area contributed by atoms with Crippen molar-refractivity contribution in [1.29, 1.82) is 0 Å². The molecule has 0 radical (unpaired) electrons.